The van der Waals surface area contributed by atoms with Crippen LogP contribution in [0.2, 0.25) is 6.04 Å². The molecule has 1 N–H and O–H groups in total. The molecule has 0 saturated heterocycles. The molecule has 0 rings (SSSR count). The number of halogens is 9. The molecule has 19 heteroatoms. The summed E-state index contributed by atoms with van der Waals surface area (Å²) >= 11 is 0. The lowest BCUT2D eigenvalue weighted by molar-refractivity contribution is -0.382. The fourth-order valence-corrected chi connectivity index (χ4v) is 7.05. The molecule has 0 heterocycles. The van der Waals surface area contributed by atoms with Gasteiger partial charge in [0.15, 0.2) is 0 Å². The van der Waals surface area contributed by atoms with Crippen molar-refractivity contribution in [2.24, 2.45) is 0 Å². The third kappa shape index (κ3) is 8.39. The quantitative estimate of drug-likeness (QED) is 0.136. The molecular weight excluding hydrogens is 573 g/mol. The molecule has 0 aromatic heterocycles. The fourth-order valence-electron chi connectivity index (χ4n) is 2.98. The Morgan fingerprint density at radius 1 is 0.838 bits per heavy atom. The summed E-state index contributed by atoms with van der Waals surface area (Å²) in [7, 11) is -9.83. The predicted octanol–water partition coefficient (Wildman–Crippen LogP) is 3.88. The molecule has 0 aliphatic carbocycles. The molecule has 1 atom stereocenters. The third-order valence-corrected chi connectivity index (χ3v) is 9.86. The fraction of sp³-hybridized carbons (Fsp3) is 1.00. The molecule has 0 bridgehead atoms. The number of rotatable bonds is 19. The maximum absolute atomic E-state index is 14.0. The zero-order valence-corrected chi connectivity index (χ0v) is 22.4. The Labute approximate surface area is 210 Å². The van der Waals surface area contributed by atoms with Crippen LogP contribution in [0.1, 0.15) is 34.1 Å². The van der Waals surface area contributed by atoms with Crippen LogP contribution >= 0.6 is 0 Å². The van der Waals surface area contributed by atoms with Crippen LogP contribution in [-0.2, 0) is 28.0 Å². The first-order chi connectivity index (χ1) is 16.7. The summed E-state index contributed by atoms with van der Waals surface area (Å²) in [6.45, 7) is 3.68. The number of aliphatic hydroxyl groups is 1. The minimum absolute atomic E-state index is 0.0933. The first kappa shape index (κ1) is 36.3. The van der Waals surface area contributed by atoms with Crippen molar-refractivity contribution in [2.75, 3.05) is 46.1 Å². The largest absolute Gasteiger partial charge is 0.501 e. The van der Waals surface area contributed by atoms with Crippen LogP contribution in [0.15, 0.2) is 0 Å². The van der Waals surface area contributed by atoms with Crippen molar-refractivity contribution in [2.45, 2.75) is 69.5 Å². The summed E-state index contributed by atoms with van der Waals surface area (Å²) in [5.41, 5.74) is 0. The van der Waals surface area contributed by atoms with Crippen molar-refractivity contribution in [3.8, 4) is 0 Å². The van der Waals surface area contributed by atoms with Gasteiger partial charge in [-0.3, -0.25) is 0 Å². The number of ether oxygens (including phenoxy) is 1. The van der Waals surface area contributed by atoms with E-state index in [0.717, 1.165) is 6.92 Å². The number of hydrogen-bond donors (Lipinski definition) is 1. The average molecular weight is 606 g/mol. The molecule has 0 aliphatic rings. The highest BCUT2D eigenvalue weighted by Crippen LogP contribution is 2.55. The molecule has 0 aromatic carbocycles. The van der Waals surface area contributed by atoms with E-state index in [4.69, 9.17) is 18.0 Å². The van der Waals surface area contributed by atoms with Gasteiger partial charge >= 0.3 is 32.1 Å². The van der Waals surface area contributed by atoms with E-state index < -0.39 is 72.2 Å². The van der Waals surface area contributed by atoms with Gasteiger partial charge in [-0.1, -0.05) is 6.92 Å². The lowest BCUT2D eigenvalue weighted by Gasteiger charge is -2.35. The highest BCUT2D eigenvalue weighted by molar-refractivity contribution is 7.90. The maximum Gasteiger partial charge on any atom is 0.501 e. The second-order valence-corrected chi connectivity index (χ2v) is 12.1. The highest BCUT2D eigenvalue weighted by atomic mass is 32.2. The number of aliphatic hydroxyl groups excluding tert-OH is 1. The van der Waals surface area contributed by atoms with E-state index >= 15 is 0 Å². The number of nitrogens with zero attached hydrogens (tertiary/aromatic N) is 1. The SMILES string of the molecule is CCO[Si](CCCOCC(O)CN(CC)S(=O)(=O)C(F)(F)C(F)(F)C(F)(F)C(F)(F)F)(OCC)OCC. The first-order valence-electron chi connectivity index (χ1n) is 11.1. The van der Waals surface area contributed by atoms with Crippen LogP contribution in [-0.4, -0.2) is 102 Å². The average Bonchev–Trinajstić information content (AvgIpc) is 2.76. The van der Waals surface area contributed by atoms with Crippen LogP contribution in [0.4, 0.5) is 39.5 Å². The Bertz CT molecular complexity index is 771. The lowest BCUT2D eigenvalue weighted by atomic mass is 10.1. The van der Waals surface area contributed by atoms with Crippen molar-refractivity contribution < 1.29 is 71.1 Å². The minimum atomic E-state index is -7.37. The van der Waals surface area contributed by atoms with Gasteiger partial charge in [-0.15, -0.1) is 0 Å². The van der Waals surface area contributed by atoms with Gasteiger partial charge in [0.05, 0.1) is 12.7 Å². The Morgan fingerprint density at radius 3 is 1.68 bits per heavy atom. The molecule has 224 valence electrons. The van der Waals surface area contributed by atoms with Crippen LogP contribution < -0.4 is 0 Å². The Morgan fingerprint density at radius 2 is 1.30 bits per heavy atom. The number of sulfonamides is 1. The minimum Gasteiger partial charge on any atom is -0.389 e. The second-order valence-electron chi connectivity index (χ2n) is 7.43. The van der Waals surface area contributed by atoms with E-state index in [-0.39, 0.29) is 19.1 Å². The zero-order chi connectivity index (χ0) is 29.3. The van der Waals surface area contributed by atoms with Crippen LogP contribution in [0, 0.1) is 0 Å². The molecule has 0 aromatic rings. The van der Waals surface area contributed by atoms with Crippen LogP contribution in [0.3, 0.4) is 0 Å². The van der Waals surface area contributed by atoms with Gasteiger partial charge in [-0.25, -0.2) is 8.42 Å². The summed E-state index contributed by atoms with van der Waals surface area (Å²) in [5.74, 6) is -14.7. The molecule has 0 fully saturated rings. The van der Waals surface area contributed by atoms with Crippen molar-refractivity contribution in [1.82, 2.24) is 4.31 Å². The van der Waals surface area contributed by atoms with Gasteiger partial charge in [0.25, 0.3) is 10.0 Å². The Hall–Kier alpha value is -0.703. The second kappa shape index (κ2) is 14.1. The summed E-state index contributed by atoms with van der Waals surface area (Å²) in [6, 6.07) is 0.281. The summed E-state index contributed by atoms with van der Waals surface area (Å²) in [6.07, 6.45) is -8.84. The smallest absolute Gasteiger partial charge is 0.389 e. The molecule has 0 aliphatic heterocycles. The van der Waals surface area contributed by atoms with Crippen molar-refractivity contribution >= 4 is 18.8 Å². The van der Waals surface area contributed by atoms with E-state index in [1.807, 2.05) is 0 Å². The predicted molar refractivity (Wildman–Crippen MR) is 114 cm³/mol. The Balaban J connectivity index is 5.29. The summed E-state index contributed by atoms with van der Waals surface area (Å²) in [5, 5.41) is 3.05. The third-order valence-electron chi connectivity index (χ3n) is 4.72. The van der Waals surface area contributed by atoms with Crippen molar-refractivity contribution in [3.63, 3.8) is 0 Å². The molecule has 0 spiro atoms. The van der Waals surface area contributed by atoms with Crippen molar-refractivity contribution in [3.05, 3.63) is 0 Å². The van der Waals surface area contributed by atoms with E-state index in [1.54, 1.807) is 20.8 Å². The normalized spacial score (nSPS) is 15.4. The van der Waals surface area contributed by atoms with Gasteiger partial charge in [-0.05, 0) is 27.2 Å². The van der Waals surface area contributed by atoms with E-state index in [2.05, 4.69) is 0 Å². The van der Waals surface area contributed by atoms with Gasteiger partial charge < -0.3 is 23.1 Å². The number of hydrogen-bond acceptors (Lipinski definition) is 7. The standard InChI is InChI=1S/C18H32F9NO7SSi/c1-5-28(36(30,31)18(26,27)16(21,22)15(19,20)17(23,24)25)12-14(29)13-32-10-9-11-37(33-6-2,34-7-3)35-8-4/h14,29H,5-13H2,1-4H3. The molecule has 1 unspecified atom stereocenters. The molecule has 0 amide bonds. The maximum atomic E-state index is 14.0. The van der Waals surface area contributed by atoms with Crippen molar-refractivity contribution in [1.29, 1.82) is 0 Å². The molecule has 0 saturated carbocycles. The van der Waals surface area contributed by atoms with Gasteiger partial charge in [0.1, 0.15) is 0 Å². The van der Waals surface area contributed by atoms with Gasteiger partial charge in [0.2, 0.25) is 0 Å². The van der Waals surface area contributed by atoms with E-state index in [0.29, 0.717) is 19.8 Å². The van der Waals surface area contributed by atoms with E-state index in [1.165, 1.54) is 0 Å². The van der Waals surface area contributed by atoms with Gasteiger partial charge in [-0.2, -0.15) is 43.8 Å². The summed E-state index contributed by atoms with van der Waals surface area (Å²) < 4.78 is 164. The highest BCUT2D eigenvalue weighted by Gasteiger charge is 2.85. The molecular formula is C18H32F9NO7SSi. The van der Waals surface area contributed by atoms with Crippen LogP contribution in [0.5, 0.6) is 0 Å². The number of likely N-dealkylation sites (N-methyl/N-ethyl adjacent to an activating group) is 1. The zero-order valence-electron chi connectivity index (χ0n) is 20.6. The number of alkyl halides is 9. The summed E-state index contributed by atoms with van der Waals surface area (Å²) in [4.78, 5) is 0. The van der Waals surface area contributed by atoms with Gasteiger partial charge in [0, 0.05) is 45.6 Å². The van der Waals surface area contributed by atoms with E-state index in [9.17, 15) is 53.0 Å². The Kier molecular flexibility index (Phi) is 13.8. The lowest BCUT2D eigenvalue weighted by Crippen LogP contribution is -2.65. The monoisotopic (exact) mass is 605 g/mol. The molecule has 0 radical (unpaired) electrons. The molecule has 8 nitrogen and oxygen atoms in total. The van der Waals surface area contributed by atoms with Crippen LogP contribution in [0.25, 0.3) is 0 Å². The topological polar surface area (TPSA) is 94.5 Å². The molecule has 37 heavy (non-hydrogen) atoms. The first-order valence-corrected chi connectivity index (χ1v) is 14.5.